The van der Waals surface area contributed by atoms with Crippen molar-refractivity contribution >= 4 is 22.1 Å². The van der Waals surface area contributed by atoms with Gasteiger partial charge >= 0.3 is 6.09 Å². The van der Waals surface area contributed by atoms with Crippen LogP contribution in [-0.4, -0.2) is 32.6 Å². The highest BCUT2D eigenvalue weighted by atomic mass is 32.2. The van der Waals surface area contributed by atoms with E-state index in [0.717, 1.165) is 12.5 Å². The summed E-state index contributed by atoms with van der Waals surface area (Å²) in [7, 11) is -3.54. The highest BCUT2D eigenvalue weighted by molar-refractivity contribution is 7.90. The lowest BCUT2D eigenvalue weighted by molar-refractivity contribution is 0.0605. The van der Waals surface area contributed by atoms with E-state index < -0.39 is 21.5 Å². The van der Waals surface area contributed by atoms with Crippen LogP contribution >= 0.6 is 0 Å². The maximum atomic E-state index is 11.7. The molecule has 7 heteroatoms. The number of rotatable bonds is 2. The summed E-state index contributed by atoms with van der Waals surface area (Å²) in [6.07, 6.45) is 1.33. The van der Waals surface area contributed by atoms with E-state index in [0.29, 0.717) is 0 Å². The van der Waals surface area contributed by atoms with E-state index >= 15 is 0 Å². The second-order valence-electron chi connectivity index (χ2n) is 5.38. The van der Waals surface area contributed by atoms with E-state index in [2.05, 4.69) is 4.99 Å². The lowest BCUT2D eigenvalue weighted by atomic mass is 10.1. The van der Waals surface area contributed by atoms with Gasteiger partial charge in [0.05, 0.1) is 16.5 Å². The van der Waals surface area contributed by atoms with Gasteiger partial charge in [-0.25, -0.2) is 13.2 Å². The van der Waals surface area contributed by atoms with Gasteiger partial charge in [-0.2, -0.15) is 10.3 Å². The van der Waals surface area contributed by atoms with Gasteiger partial charge in [-0.05, 0) is 32.9 Å². The minimum Gasteiger partial charge on any atom is -0.442 e. The summed E-state index contributed by atoms with van der Waals surface area (Å²) in [5.41, 5.74) is -0.245. The van der Waals surface area contributed by atoms with Crippen molar-refractivity contribution in [2.75, 3.05) is 6.26 Å². The molecule has 0 saturated heterocycles. The molecule has 0 saturated carbocycles. The van der Waals surface area contributed by atoms with Crippen molar-refractivity contribution < 1.29 is 17.9 Å². The zero-order chi connectivity index (χ0) is 16.3. The van der Waals surface area contributed by atoms with Crippen LogP contribution in [0.3, 0.4) is 0 Å². The Bertz CT molecular complexity index is 722. The number of aliphatic imine (C=N–C) groups is 1. The fourth-order valence-electron chi connectivity index (χ4n) is 1.44. The van der Waals surface area contributed by atoms with Gasteiger partial charge < -0.3 is 4.74 Å². The quantitative estimate of drug-likeness (QED) is 0.781. The monoisotopic (exact) mass is 308 g/mol. The van der Waals surface area contributed by atoms with E-state index in [1.54, 1.807) is 20.8 Å². The first kappa shape index (κ1) is 16.9. The zero-order valence-electron chi connectivity index (χ0n) is 12.2. The van der Waals surface area contributed by atoms with Crippen molar-refractivity contribution in [2.24, 2.45) is 4.99 Å². The van der Waals surface area contributed by atoms with Gasteiger partial charge in [0.25, 0.3) is 0 Å². The normalized spacial score (nSPS) is 12.1. The predicted octanol–water partition coefficient (Wildman–Crippen LogP) is 2.32. The summed E-state index contributed by atoms with van der Waals surface area (Å²) in [5, 5.41) is 8.81. The summed E-state index contributed by atoms with van der Waals surface area (Å²) in [5.74, 6) is 0. The van der Waals surface area contributed by atoms with Crippen LogP contribution in [0.4, 0.5) is 4.79 Å². The molecule has 0 aromatic heterocycles. The van der Waals surface area contributed by atoms with Gasteiger partial charge in [0.1, 0.15) is 5.60 Å². The molecule has 1 aromatic carbocycles. The smallest absolute Gasteiger partial charge is 0.434 e. The molecule has 6 nitrogen and oxygen atoms in total. The van der Waals surface area contributed by atoms with Crippen LogP contribution in [0.5, 0.6) is 0 Å². The standard InChI is InChI=1S/C14H16N2O4S/c1-14(2,3)20-13(17)16-9-11-6-5-10(8-15)7-12(11)21(4,18)19/h5-7,9H,1-4H3. The number of hydrogen-bond donors (Lipinski definition) is 0. The highest BCUT2D eigenvalue weighted by Crippen LogP contribution is 2.16. The van der Waals surface area contributed by atoms with Crippen LogP contribution in [0.15, 0.2) is 28.1 Å². The number of carbonyl (C=O) groups is 1. The number of ether oxygens (including phenoxy) is 1. The largest absolute Gasteiger partial charge is 0.442 e. The van der Waals surface area contributed by atoms with Crippen molar-refractivity contribution in [3.05, 3.63) is 29.3 Å². The van der Waals surface area contributed by atoms with Crippen molar-refractivity contribution in [3.8, 4) is 6.07 Å². The molecule has 21 heavy (non-hydrogen) atoms. The molecule has 0 aliphatic rings. The molecule has 0 atom stereocenters. The van der Waals surface area contributed by atoms with Gasteiger partial charge in [-0.3, -0.25) is 0 Å². The molecule has 0 aliphatic heterocycles. The Labute approximate surface area is 124 Å². The van der Waals surface area contributed by atoms with Gasteiger partial charge in [0, 0.05) is 18.0 Å². The Morgan fingerprint density at radius 3 is 2.48 bits per heavy atom. The van der Waals surface area contributed by atoms with Crippen molar-refractivity contribution in [1.29, 1.82) is 5.26 Å². The molecular weight excluding hydrogens is 292 g/mol. The van der Waals surface area contributed by atoms with Crippen molar-refractivity contribution in [3.63, 3.8) is 0 Å². The van der Waals surface area contributed by atoms with E-state index in [-0.39, 0.29) is 16.0 Å². The Hall–Kier alpha value is -2.20. The SMILES string of the molecule is CC(C)(C)OC(=O)N=Cc1ccc(C#N)cc1S(C)(=O)=O. The molecule has 0 heterocycles. The molecule has 1 rings (SSSR count). The molecule has 1 amide bonds. The molecule has 0 fully saturated rings. The third kappa shape index (κ3) is 5.36. The summed E-state index contributed by atoms with van der Waals surface area (Å²) >= 11 is 0. The predicted molar refractivity (Wildman–Crippen MR) is 78.1 cm³/mol. The molecule has 0 radical (unpaired) electrons. The molecule has 0 bridgehead atoms. The van der Waals surface area contributed by atoms with E-state index in [1.165, 1.54) is 18.2 Å². The van der Waals surface area contributed by atoms with Gasteiger partial charge in [-0.1, -0.05) is 6.07 Å². The highest BCUT2D eigenvalue weighted by Gasteiger charge is 2.16. The molecule has 0 aliphatic carbocycles. The van der Waals surface area contributed by atoms with Crippen molar-refractivity contribution in [1.82, 2.24) is 0 Å². The van der Waals surface area contributed by atoms with Gasteiger partial charge in [0.15, 0.2) is 9.84 Å². The van der Waals surface area contributed by atoms with Crippen LogP contribution in [0.1, 0.15) is 31.9 Å². The minimum absolute atomic E-state index is 0.0612. The van der Waals surface area contributed by atoms with Crippen LogP contribution in [0.2, 0.25) is 0 Å². The number of nitrogens with zero attached hydrogens (tertiary/aromatic N) is 2. The second-order valence-corrected chi connectivity index (χ2v) is 7.36. The first-order chi connectivity index (χ1) is 9.53. The van der Waals surface area contributed by atoms with Crippen molar-refractivity contribution in [2.45, 2.75) is 31.3 Å². The first-order valence-corrected chi connectivity index (χ1v) is 7.93. The van der Waals surface area contributed by atoms with Crippen LogP contribution < -0.4 is 0 Å². The number of hydrogen-bond acceptors (Lipinski definition) is 5. The molecule has 112 valence electrons. The third-order valence-corrected chi connectivity index (χ3v) is 3.40. The maximum Gasteiger partial charge on any atom is 0.434 e. The Balaban J connectivity index is 3.15. The fourth-order valence-corrected chi connectivity index (χ4v) is 2.33. The first-order valence-electron chi connectivity index (χ1n) is 6.04. The molecule has 0 unspecified atom stereocenters. The number of nitriles is 1. The number of amides is 1. The van der Waals surface area contributed by atoms with Crippen LogP contribution in [0.25, 0.3) is 0 Å². The Morgan fingerprint density at radius 2 is 2.00 bits per heavy atom. The lowest BCUT2D eigenvalue weighted by Gasteiger charge is -2.17. The Morgan fingerprint density at radius 1 is 1.38 bits per heavy atom. The van der Waals surface area contributed by atoms with E-state index in [4.69, 9.17) is 10.00 Å². The average Bonchev–Trinajstić information content (AvgIpc) is 2.33. The lowest BCUT2D eigenvalue weighted by Crippen LogP contribution is -2.22. The summed E-state index contributed by atoms with van der Waals surface area (Å²) in [6, 6.07) is 5.97. The maximum absolute atomic E-state index is 11.7. The molecule has 1 aromatic rings. The number of sulfone groups is 1. The summed E-state index contributed by atoms with van der Waals surface area (Å²) < 4.78 is 28.4. The zero-order valence-corrected chi connectivity index (χ0v) is 13.1. The van der Waals surface area contributed by atoms with E-state index in [9.17, 15) is 13.2 Å². The minimum atomic E-state index is -3.54. The molecule has 0 N–H and O–H groups in total. The Kier molecular flexibility index (Phi) is 4.86. The average molecular weight is 308 g/mol. The number of benzene rings is 1. The topological polar surface area (TPSA) is 96.6 Å². The third-order valence-electron chi connectivity index (χ3n) is 2.24. The summed E-state index contributed by atoms with van der Waals surface area (Å²) in [6.45, 7) is 5.10. The molecular formula is C14H16N2O4S. The fraction of sp³-hybridized carbons (Fsp3) is 0.357. The van der Waals surface area contributed by atoms with Gasteiger partial charge in [-0.15, -0.1) is 0 Å². The van der Waals surface area contributed by atoms with Gasteiger partial charge in [0.2, 0.25) is 0 Å². The molecule has 0 spiro atoms. The second kappa shape index (κ2) is 6.06. The van der Waals surface area contributed by atoms with Crippen LogP contribution in [0, 0.1) is 11.3 Å². The summed E-state index contributed by atoms with van der Waals surface area (Å²) in [4.78, 5) is 15.0. The number of carbonyl (C=O) groups excluding carboxylic acids is 1. The van der Waals surface area contributed by atoms with Crippen LogP contribution in [-0.2, 0) is 14.6 Å². The van der Waals surface area contributed by atoms with E-state index in [1.807, 2.05) is 6.07 Å².